The van der Waals surface area contributed by atoms with Crippen LogP contribution in [0.1, 0.15) is 25.0 Å². The predicted molar refractivity (Wildman–Crippen MR) is 208 cm³/mol. The zero-order valence-electron chi connectivity index (χ0n) is 28.3. The Morgan fingerprint density at radius 3 is 1.59 bits per heavy atom. The first-order valence-corrected chi connectivity index (χ1v) is 17.2. The van der Waals surface area contributed by atoms with E-state index in [4.69, 9.17) is 21.5 Å². The third-order valence-electron chi connectivity index (χ3n) is 10.2. The lowest BCUT2D eigenvalue weighted by Crippen LogP contribution is -2.14. The summed E-state index contributed by atoms with van der Waals surface area (Å²) in [5.41, 5.74) is 13.0. The van der Waals surface area contributed by atoms with Crippen LogP contribution >= 0.6 is 0 Å². The minimum absolute atomic E-state index is 0.176. The molecule has 9 rings (SSSR count). The van der Waals surface area contributed by atoms with Gasteiger partial charge >= 0.3 is 0 Å². The van der Waals surface area contributed by atoms with Crippen LogP contribution in [0.2, 0.25) is 0 Å². The molecule has 0 atom stereocenters. The molecule has 0 N–H and O–H groups in total. The van der Waals surface area contributed by atoms with Crippen LogP contribution in [-0.4, -0.2) is 15.0 Å². The van der Waals surface area contributed by atoms with Crippen molar-refractivity contribution < 1.29 is 0 Å². The predicted octanol–water partition coefficient (Wildman–Crippen LogP) is 12.2. The maximum Gasteiger partial charge on any atom is 0.187 e. The molecule has 4 nitrogen and oxygen atoms in total. The highest BCUT2D eigenvalue weighted by Crippen LogP contribution is 2.53. The first-order valence-electron chi connectivity index (χ1n) is 17.2. The fraction of sp³-hybridized carbons (Fsp3) is 0.0638. The molecule has 8 aromatic rings. The van der Waals surface area contributed by atoms with Gasteiger partial charge < -0.3 is 0 Å². The van der Waals surface area contributed by atoms with Crippen molar-refractivity contribution in [3.63, 3.8) is 0 Å². The summed E-state index contributed by atoms with van der Waals surface area (Å²) in [7, 11) is 0. The Hall–Kier alpha value is -6.70. The van der Waals surface area contributed by atoms with Crippen LogP contribution in [0, 0.1) is 6.57 Å². The minimum atomic E-state index is -0.176. The van der Waals surface area contributed by atoms with E-state index in [1.165, 1.54) is 33.4 Å². The molecule has 7 aromatic carbocycles. The van der Waals surface area contributed by atoms with Gasteiger partial charge in [-0.3, -0.25) is 0 Å². The van der Waals surface area contributed by atoms with Gasteiger partial charge in [0.15, 0.2) is 23.2 Å². The average molecular weight is 653 g/mol. The second-order valence-electron chi connectivity index (χ2n) is 13.5. The number of rotatable bonds is 5. The molecule has 0 aliphatic heterocycles. The van der Waals surface area contributed by atoms with Crippen LogP contribution < -0.4 is 0 Å². The van der Waals surface area contributed by atoms with Crippen molar-refractivity contribution in [2.24, 2.45) is 0 Å². The fourth-order valence-corrected chi connectivity index (χ4v) is 7.60. The summed E-state index contributed by atoms with van der Waals surface area (Å²) < 4.78 is 0. The Labute approximate surface area is 297 Å². The van der Waals surface area contributed by atoms with Gasteiger partial charge in [-0.2, -0.15) is 0 Å². The van der Waals surface area contributed by atoms with E-state index in [-0.39, 0.29) is 5.41 Å². The van der Waals surface area contributed by atoms with E-state index < -0.39 is 0 Å². The molecule has 1 aliphatic rings. The van der Waals surface area contributed by atoms with E-state index >= 15 is 0 Å². The molecule has 0 bridgehead atoms. The fourth-order valence-electron chi connectivity index (χ4n) is 7.60. The SMILES string of the molecule is [C-]#[N+]c1ccc2c(c1)C(C)(C)c1cccc(-c3ccc(-c4cccc5c(-c6nc(-c7ccccc7)nc(-c7ccccc7)n6)cccc45)cc3)c1-2. The monoisotopic (exact) mass is 652 g/mol. The quantitative estimate of drug-likeness (QED) is 0.174. The van der Waals surface area contributed by atoms with E-state index in [0.29, 0.717) is 23.2 Å². The van der Waals surface area contributed by atoms with Crippen LogP contribution in [0.5, 0.6) is 0 Å². The highest BCUT2D eigenvalue weighted by Gasteiger charge is 2.36. The number of hydrogen-bond acceptors (Lipinski definition) is 3. The molecular weight excluding hydrogens is 621 g/mol. The van der Waals surface area contributed by atoms with Gasteiger partial charge in [-0.05, 0) is 55.3 Å². The molecule has 0 radical (unpaired) electrons. The molecule has 0 fully saturated rings. The number of fused-ring (bicyclic) bond motifs is 4. The molecule has 0 spiro atoms. The van der Waals surface area contributed by atoms with Gasteiger partial charge in [-0.15, -0.1) is 0 Å². The van der Waals surface area contributed by atoms with Crippen molar-refractivity contribution in [2.45, 2.75) is 19.3 Å². The van der Waals surface area contributed by atoms with Crippen LogP contribution in [0.25, 0.3) is 83.2 Å². The maximum atomic E-state index is 7.57. The summed E-state index contributed by atoms with van der Waals surface area (Å²) in [6, 6.07) is 54.7. The molecule has 0 saturated carbocycles. The summed E-state index contributed by atoms with van der Waals surface area (Å²) in [5, 5.41) is 2.22. The summed E-state index contributed by atoms with van der Waals surface area (Å²) in [6.07, 6.45) is 0. The van der Waals surface area contributed by atoms with E-state index in [1.807, 2.05) is 66.7 Å². The molecule has 1 aliphatic carbocycles. The van der Waals surface area contributed by atoms with Gasteiger partial charge in [0.25, 0.3) is 0 Å². The van der Waals surface area contributed by atoms with Crippen molar-refractivity contribution in [3.05, 3.63) is 180 Å². The Kier molecular flexibility index (Phi) is 7.15. The molecule has 240 valence electrons. The van der Waals surface area contributed by atoms with E-state index in [2.05, 4.69) is 110 Å². The van der Waals surface area contributed by atoms with Gasteiger partial charge in [0.2, 0.25) is 0 Å². The summed E-state index contributed by atoms with van der Waals surface area (Å²) in [4.78, 5) is 18.7. The normalized spacial score (nSPS) is 12.6. The molecular formula is C47H32N4. The minimum Gasteiger partial charge on any atom is -0.238 e. The first kappa shape index (κ1) is 30.4. The Morgan fingerprint density at radius 1 is 0.431 bits per heavy atom. The molecule has 4 heteroatoms. The maximum absolute atomic E-state index is 7.57. The molecule has 0 unspecified atom stereocenters. The van der Waals surface area contributed by atoms with Gasteiger partial charge in [0.1, 0.15) is 0 Å². The lowest BCUT2D eigenvalue weighted by atomic mass is 9.82. The number of aromatic nitrogens is 3. The van der Waals surface area contributed by atoms with E-state index in [1.54, 1.807) is 0 Å². The second-order valence-corrected chi connectivity index (χ2v) is 13.5. The molecule has 1 heterocycles. The van der Waals surface area contributed by atoms with Crippen molar-refractivity contribution in [2.75, 3.05) is 0 Å². The number of nitrogens with zero attached hydrogens (tertiary/aromatic N) is 4. The number of hydrogen-bond donors (Lipinski definition) is 0. The molecule has 1 aromatic heterocycles. The molecule has 0 amide bonds. The second kappa shape index (κ2) is 12.0. The van der Waals surface area contributed by atoms with Crippen molar-refractivity contribution >= 4 is 16.5 Å². The summed E-state index contributed by atoms with van der Waals surface area (Å²) >= 11 is 0. The van der Waals surface area contributed by atoms with Crippen molar-refractivity contribution in [1.82, 2.24) is 15.0 Å². The zero-order valence-corrected chi connectivity index (χ0v) is 28.3. The standard InChI is InChI=1S/C47H32N4/c1-47(2)41-22-12-18-36(43(41)40-28-27-34(48-3)29-42(40)47)31-25-23-30(24-26-31)35-17-10-20-38-37(35)19-11-21-39(38)46-50-44(32-13-6-4-7-14-32)49-45(51-46)33-15-8-5-9-16-33/h4-29H,1-2H3. The molecule has 51 heavy (non-hydrogen) atoms. The number of benzene rings is 7. The average Bonchev–Trinajstić information content (AvgIpc) is 3.43. The van der Waals surface area contributed by atoms with E-state index in [9.17, 15) is 0 Å². The highest BCUT2D eigenvalue weighted by atomic mass is 15.0. The Balaban J connectivity index is 1.14. The van der Waals surface area contributed by atoms with Crippen LogP contribution in [-0.2, 0) is 5.41 Å². The van der Waals surface area contributed by atoms with Crippen molar-refractivity contribution in [3.8, 4) is 67.5 Å². The largest absolute Gasteiger partial charge is 0.238 e. The van der Waals surface area contributed by atoms with E-state index in [0.717, 1.165) is 38.6 Å². The van der Waals surface area contributed by atoms with Gasteiger partial charge in [0.05, 0.1) is 6.57 Å². The molecule has 0 saturated heterocycles. The van der Waals surface area contributed by atoms with Crippen LogP contribution in [0.4, 0.5) is 5.69 Å². The summed E-state index contributed by atoms with van der Waals surface area (Å²) in [5.74, 6) is 1.94. The van der Waals surface area contributed by atoms with Gasteiger partial charge in [0, 0.05) is 22.1 Å². The third kappa shape index (κ3) is 5.10. The van der Waals surface area contributed by atoms with Crippen LogP contribution in [0.3, 0.4) is 0 Å². The first-order chi connectivity index (χ1) is 25.0. The summed E-state index contributed by atoms with van der Waals surface area (Å²) in [6.45, 7) is 12.1. The lowest BCUT2D eigenvalue weighted by Gasteiger charge is -2.22. The van der Waals surface area contributed by atoms with Crippen molar-refractivity contribution in [1.29, 1.82) is 0 Å². The smallest absolute Gasteiger partial charge is 0.187 e. The van der Waals surface area contributed by atoms with Gasteiger partial charge in [-0.25, -0.2) is 19.8 Å². The lowest BCUT2D eigenvalue weighted by molar-refractivity contribution is 0.661. The zero-order chi connectivity index (χ0) is 34.5. The topological polar surface area (TPSA) is 43.0 Å². The van der Waals surface area contributed by atoms with Gasteiger partial charge in [-0.1, -0.05) is 172 Å². The Bertz CT molecular complexity index is 2600. The third-order valence-corrected chi connectivity index (χ3v) is 10.2. The Morgan fingerprint density at radius 2 is 0.961 bits per heavy atom. The van der Waals surface area contributed by atoms with Crippen LogP contribution in [0.15, 0.2) is 158 Å². The highest BCUT2D eigenvalue weighted by molar-refractivity contribution is 6.04.